The zero-order valence-corrected chi connectivity index (χ0v) is 13.1. The molecule has 4 rings (SSSR count). The van der Waals surface area contributed by atoms with Gasteiger partial charge in [-0.3, -0.25) is 0 Å². The van der Waals surface area contributed by atoms with Gasteiger partial charge in [-0.2, -0.15) is 4.98 Å². The zero-order chi connectivity index (χ0) is 16.4. The van der Waals surface area contributed by atoms with E-state index in [1.54, 1.807) is 12.1 Å². The van der Waals surface area contributed by atoms with E-state index in [-0.39, 0.29) is 6.42 Å². The highest BCUT2D eigenvalue weighted by Crippen LogP contribution is 2.22. The van der Waals surface area contributed by atoms with Gasteiger partial charge in [0.05, 0.1) is 0 Å². The molecule has 0 atom stereocenters. The van der Waals surface area contributed by atoms with Crippen LogP contribution in [-0.2, 0) is 6.42 Å². The number of hydrogen-bond donors (Lipinski definition) is 0. The molecule has 0 amide bonds. The molecule has 2 aromatic carbocycles. The molecule has 0 saturated carbocycles. The highest BCUT2D eigenvalue weighted by Gasteiger charge is 2.14. The number of nitrogens with zero attached hydrogens (tertiary/aromatic N) is 4. The van der Waals surface area contributed by atoms with E-state index in [1.165, 1.54) is 0 Å². The fourth-order valence-corrected chi connectivity index (χ4v) is 2.41. The van der Waals surface area contributed by atoms with Gasteiger partial charge in [-0.05, 0) is 18.2 Å². The van der Waals surface area contributed by atoms with Gasteiger partial charge < -0.3 is 8.94 Å². The zero-order valence-electron chi connectivity index (χ0n) is 12.4. The summed E-state index contributed by atoms with van der Waals surface area (Å²) in [5, 5.41) is 12.6. The van der Waals surface area contributed by atoms with E-state index in [9.17, 15) is 0 Å². The van der Waals surface area contributed by atoms with Crippen LogP contribution in [0.3, 0.4) is 0 Å². The van der Waals surface area contributed by atoms with Gasteiger partial charge in [0.1, 0.15) is 6.42 Å². The van der Waals surface area contributed by atoms with Crippen molar-refractivity contribution in [3.05, 3.63) is 71.4 Å². The summed E-state index contributed by atoms with van der Waals surface area (Å²) in [6.07, 6.45) is 0.271. The average Bonchev–Trinajstić information content (AvgIpc) is 3.26. The van der Waals surface area contributed by atoms with Gasteiger partial charge >= 0.3 is 0 Å². The molecule has 0 fully saturated rings. The molecule has 4 aromatic rings. The Kier molecular flexibility index (Phi) is 3.80. The summed E-state index contributed by atoms with van der Waals surface area (Å²) in [7, 11) is 0. The predicted octanol–water partition coefficient (Wildman–Crippen LogP) is 4.03. The number of halogens is 1. The summed E-state index contributed by atoms with van der Waals surface area (Å²) in [6, 6.07) is 16.8. The summed E-state index contributed by atoms with van der Waals surface area (Å²) < 4.78 is 10.9. The van der Waals surface area contributed by atoms with Crippen LogP contribution < -0.4 is 0 Å². The van der Waals surface area contributed by atoms with Crippen LogP contribution in [0.5, 0.6) is 0 Å². The van der Waals surface area contributed by atoms with Gasteiger partial charge in [0.15, 0.2) is 0 Å². The van der Waals surface area contributed by atoms with Gasteiger partial charge in [-0.15, -0.1) is 10.2 Å². The Balaban J connectivity index is 1.54. The Morgan fingerprint density at radius 2 is 1.71 bits per heavy atom. The summed E-state index contributed by atoms with van der Waals surface area (Å²) in [5.74, 6) is 1.74. The molecule has 118 valence electrons. The van der Waals surface area contributed by atoms with Crippen molar-refractivity contribution >= 4 is 11.6 Å². The maximum absolute atomic E-state index is 5.97. The smallest absolute Gasteiger partial charge is 0.247 e. The quantitative estimate of drug-likeness (QED) is 0.559. The largest absolute Gasteiger partial charge is 0.420 e. The van der Waals surface area contributed by atoms with Gasteiger partial charge in [-0.25, -0.2) is 0 Å². The first-order valence-corrected chi connectivity index (χ1v) is 7.62. The first kappa shape index (κ1) is 14.6. The van der Waals surface area contributed by atoms with Crippen LogP contribution in [0.4, 0.5) is 0 Å². The first-order chi connectivity index (χ1) is 11.8. The molecular formula is C17H11ClN4O2. The minimum Gasteiger partial charge on any atom is -0.420 e. The second-order valence-electron chi connectivity index (χ2n) is 5.07. The molecule has 0 unspecified atom stereocenters. The van der Waals surface area contributed by atoms with E-state index in [2.05, 4.69) is 20.3 Å². The number of rotatable bonds is 4. The van der Waals surface area contributed by atoms with Crippen LogP contribution in [-0.4, -0.2) is 20.3 Å². The van der Waals surface area contributed by atoms with Gasteiger partial charge in [-0.1, -0.05) is 53.2 Å². The first-order valence-electron chi connectivity index (χ1n) is 7.24. The molecule has 2 heterocycles. The average molecular weight is 339 g/mol. The Labute approximate surface area is 142 Å². The molecular weight excluding hydrogens is 328 g/mol. The fraction of sp³-hybridized carbons (Fsp3) is 0.0588. The third kappa shape index (κ3) is 3.04. The highest BCUT2D eigenvalue weighted by molar-refractivity contribution is 6.30. The van der Waals surface area contributed by atoms with Crippen LogP contribution >= 0.6 is 11.6 Å². The Bertz CT molecular complexity index is 965. The Morgan fingerprint density at radius 1 is 0.875 bits per heavy atom. The molecule has 0 saturated heterocycles. The molecule has 0 aliphatic rings. The third-order valence-corrected chi connectivity index (χ3v) is 3.58. The summed E-state index contributed by atoms with van der Waals surface area (Å²) in [6.45, 7) is 0. The van der Waals surface area contributed by atoms with Crippen molar-refractivity contribution in [3.63, 3.8) is 0 Å². The third-order valence-electron chi connectivity index (χ3n) is 3.34. The van der Waals surface area contributed by atoms with Crippen LogP contribution in [0, 0.1) is 0 Å². The lowest BCUT2D eigenvalue weighted by Crippen LogP contribution is -1.88. The monoisotopic (exact) mass is 338 g/mol. The molecule has 0 N–H and O–H groups in total. The maximum atomic E-state index is 5.97. The summed E-state index contributed by atoms with van der Waals surface area (Å²) >= 11 is 5.97. The van der Waals surface area contributed by atoms with E-state index in [0.29, 0.717) is 28.5 Å². The van der Waals surface area contributed by atoms with E-state index >= 15 is 0 Å². The van der Waals surface area contributed by atoms with Gasteiger partial charge in [0.25, 0.3) is 0 Å². The summed E-state index contributed by atoms with van der Waals surface area (Å²) in [4.78, 5) is 4.35. The van der Waals surface area contributed by atoms with Crippen LogP contribution in [0.25, 0.3) is 22.8 Å². The molecule has 0 bridgehead atoms. The number of benzene rings is 2. The van der Waals surface area contributed by atoms with E-state index in [1.807, 2.05) is 42.5 Å². The van der Waals surface area contributed by atoms with Crippen LogP contribution in [0.15, 0.2) is 63.5 Å². The van der Waals surface area contributed by atoms with Crippen molar-refractivity contribution in [2.24, 2.45) is 0 Å². The minimum absolute atomic E-state index is 0.271. The molecule has 0 aliphatic heterocycles. The molecule has 0 radical (unpaired) electrons. The summed E-state index contributed by atoms with van der Waals surface area (Å²) in [5.41, 5.74) is 1.65. The van der Waals surface area contributed by atoms with Crippen molar-refractivity contribution < 1.29 is 8.94 Å². The Morgan fingerprint density at radius 3 is 2.54 bits per heavy atom. The van der Waals surface area contributed by atoms with Crippen LogP contribution in [0.1, 0.15) is 11.8 Å². The maximum Gasteiger partial charge on any atom is 0.247 e. The second-order valence-corrected chi connectivity index (χ2v) is 5.50. The lowest BCUT2D eigenvalue weighted by molar-refractivity contribution is 0.374. The number of hydrogen-bond acceptors (Lipinski definition) is 6. The molecule has 2 aromatic heterocycles. The van der Waals surface area contributed by atoms with Gasteiger partial charge in [0.2, 0.25) is 23.5 Å². The topological polar surface area (TPSA) is 77.8 Å². The highest BCUT2D eigenvalue weighted by atomic mass is 35.5. The lowest BCUT2D eigenvalue weighted by atomic mass is 10.2. The lowest BCUT2D eigenvalue weighted by Gasteiger charge is -1.94. The Hall–Kier alpha value is -2.99. The van der Waals surface area contributed by atoms with Crippen molar-refractivity contribution in [1.82, 2.24) is 20.3 Å². The normalized spacial score (nSPS) is 10.9. The van der Waals surface area contributed by atoms with Gasteiger partial charge in [0, 0.05) is 16.1 Å². The molecule has 0 aliphatic carbocycles. The van der Waals surface area contributed by atoms with Crippen molar-refractivity contribution in [1.29, 1.82) is 0 Å². The second kappa shape index (κ2) is 6.25. The molecule has 7 heteroatoms. The molecule has 0 spiro atoms. The van der Waals surface area contributed by atoms with E-state index in [0.717, 1.165) is 11.1 Å². The van der Waals surface area contributed by atoms with Crippen molar-refractivity contribution in [3.8, 4) is 22.8 Å². The van der Waals surface area contributed by atoms with Crippen molar-refractivity contribution in [2.75, 3.05) is 0 Å². The SMILES string of the molecule is Clc1cccc(-c2nnc(Cc3nc(-c4ccccc4)no3)o2)c1. The minimum atomic E-state index is 0.271. The molecule has 24 heavy (non-hydrogen) atoms. The fourth-order valence-electron chi connectivity index (χ4n) is 2.22. The number of aromatic nitrogens is 4. The predicted molar refractivity (Wildman–Crippen MR) is 87.3 cm³/mol. The standard InChI is InChI=1S/C17H11ClN4O2/c18-13-8-4-7-12(9-13)17-21-20-15(23-17)10-14-19-16(22-24-14)11-5-2-1-3-6-11/h1-9H,10H2. The van der Waals surface area contributed by atoms with E-state index < -0.39 is 0 Å². The van der Waals surface area contributed by atoms with E-state index in [4.69, 9.17) is 20.5 Å². The van der Waals surface area contributed by atoms with Crippen LogP contribution in [0.2, 0.25) is 5.02 Å². The van der Waals surface area contributed by atoms with Crippen molar-refractivity contribution in [2.45, 2.75) is 6.42 Å². The molecule has 6 nitrogen and oxygen atoms in total.